The van der Waals surface area contributed by atoms with Crippen molar-refractivity contribution in [2.75, 3.05) is 16.7 Å². The zero-order chi connectivity index (χ0) is 21.6. The van der Waals surface area contributed by atoms with Crippen molar-refractivity contribution in [2.45, 2.75) is 4.90 Å². The molecule has 0 saturated heterocycles. The van der Waals surface area contributed by atoms with Gasteiger partial charge >= 0.3 is 0 Å². The fraction of sp³-hybridized carbons (Fsp3) is 0.0417. The number of sulfonamides is 1. The van der Waals surface area contributed by atoms with Gasteiger partial charge in [0.25, 0.3) is 15.9 Å². The van der Waals surface area contributed by atoms with Crippen molar-refractivity contribution in [1.29, 1.82) is 0 Å². The van der Waals surface area contributed by atoms with Gasteiger partial charge in [0.05, 0.1) is 16.1 Å². The number of carbonyl (C=O) groups is 1. The molecule has 0 bridgehead atoms. The van der Waals surface area contributed by atoms with Crippen molar-refractivity contribution >= 4 is 38.1 Å². The first-order chi connectivity index (χ1) is 14.9. The monoisotopic (exact) mass is 430 g/mol. The summed E-state index contributed by atoms with van der Waals surface area (Å²) in [6.07, 6.45) is 0. The minimum Gasteiger partial charge on any atom is -0.454 e. The van der Waals surface area contributed by atoms with Crippen LogP contribution in [-0.4, -0.2) is 21.4 Å². The van der Waals surface area contributed by atoms with Gasteiger partial charge in [0.2, 0.25) is 0 Å². The van der Waals surface area contributed by atoms with E-state index < -0.39 is 10.0 Å². The van der Waals surface area contributed by atoms with Crippen molar-refractivity contribution in [3.05, 3.63) is 90.5 Å². The molecule has 4 aromatic carbocycles. The molecule has 6 nitrogen and oxygen atoms in total. The summed E-state index contributed by atoms with van der Waals surface area (Å²) >= 11 is 0. The summed E-state index contributed by atoms with van der Waals surface area (Å²) in [4.78, 5) is 14.7. The van der Waals surface area contributed by atoms with Gasteiger partial charge in [-0.15, -0.1) is 0 Å². The molecule has 1 heterocycles. The highest BCUT2D eigenvalue weighted by Gasteiger charge is 2.26. The van der Waals surface area contributed by atoms with E-state index in [2.05, 4.69) is 4.72 Å². The molecular weight excluding hydrogens is 412 g/mol. The maximum Gasteiger partial charge on any atom is 0.262 e. The molecule has 0 spiro atoms. The van der Waals surface area contributed by atoms with Crippen molar-refractivity contribution in [3.8, 4) is 11.5 Å². The highest BCUT2D eigenvalue weighted by molar-refractivity contribution is 7.93. The molecule has 0 saturated carbocycles. The predicted molar refractivity (Wildman–Crippen MR) is 120 cm³/mol. The lowest BCUT2D eigenvalue weighted by Gasteiger charge is -2.16. The van der Waals surface area contributed by atoms with Crippen LogP contribution in [0.4, 0.5) is 11.4 Å². The van der Waals surface area contributed by atoms with E-state index in [0.29, 0.717) is 22.6 Å². The van der Waals surface area contributed by atoms with E-state index in [4.69, 9.17) is 4.74 Å². The first-order valence-electron chi connectivity index (χ1n) is 9.64. The summed E-state index contributed by atoms with van der Waals surface area (Å²) in [5, 5.41) is 1.46. The Balaban J connectivity index is 1.54. The lowest BCUT2D eigenvalue weighted by Crippen LogP contribution is -2.25. The van der Waals surface area contributed by atoms with E-state index in [0.717, 1.165) is 5.39 Å². The largest absolute Gasteiger partial charge is 0.454 e. The second kappa shape index (κ2) is 7.14. The van der Waals surface area contributed by atoms with Crippen LogP contribution in [0.2, 0.25) is 0 Å². The van der Waals surface area contributed by atoms with Crippen LogP contribution in [0.5, 0.6) is 11.5 Å². The maximum atomic E-state index is 13.1. The van der Waals surface area contributed by atoms with Gasteiger partial charge in [0, 0.05) is 18.1 Å². The number of anilines is 2. The molecule has 7 heteroatoms. The maximum absolute atomic E-state index is 13.1. The summed E-state index contributed by atoms with van der Waals surface area (Å²) < 4.78 is 34.8. The smallest absolute Gasteiger partial charge is 0.262 e. The molecule has 31 heavy (non-hydrogen) atoms. The molecule has 1 aliphatic heterocycles. The van der Waals surface area contributed by atoms with Crippen LogP contribution in [0, 0.1) is 0 Å². The van der Waals surface area contributed by atoms with Crippen LogP contribution in [0.15, 0.2) is 89.8 Å². The van der Waals surface area contributed by atoms with Gasteiger partial charge < -0.3 is 9.64 Å². The number of fused-ring (bicyclic) bond motifs is 3. The van der Waals surface area contributed by atoms with E-state index in [1.807, 2.05) is 30.3 Å². The summed E-state index contributed by atoms with van der Waals surface area (Å²) in [6.45, 7) is 0. The highest BCUT2D eigenvalue weighted by atomic mass is 32.2. The molecule has 0 fully saturated rings. The lowest BCUT2D eigenvalue weighted by molar-refractivity contribution is 0.0993. The van der Waals surface area contributed by atoms with E-state index in [9.17, 15) is 13.2 Å². The second-order valence-electron chi connectivity index (χ2n) is 7.23. The van der Waals surface area contributed by atoms with Crippen LogP contribution in [0.1, 0.15) is 10.4 Å². The predicted octanol–water partition coefficient (Wildman–Crippen LogP) is 5.02. The number of benzene rings is 4. The van der Waals surface area contributed by atoms with Crippen LogP contribution >= 0.6 is 0 Å². The minimum atomic E-state index is -3.88. The number of rotatable bonds is 3. The van der Waals surface area contributed by atoms with Crippen molar-refractivity contribution in [2.24, 2.45) is 0 Å². The molecular formula is C24H18N2O4S. The van der Waals surface area contributed by atoms with Crippen molar-refractivity contribution in [3.63, 3.8) is 0 Å². The van der Waals surface area contributed by atoms with Gasteiger partial charge in [-0.05, 0) is 41.8 Å². The zero-order valence-electron chi connectivity index (χ0n) is 16.6. The Bertz CT molecular complexity index is 1440. The van der Waals surface area contributed by atoms with Crippen LogP contribution in [0.25, 0.3) is 10.8 Å². The van der Waals surface area contributed by atoms with Crippen LogP contribution in [-0.2, 0) is 10.0 Å². The van der Waals surface area contributed by atoms with E-state index >= 15 is 0 Å². The third-order valence-electron chi connectivity index (χ3n) is 5.25. The first-order valence-corrected chi connectivity index (χ1v) is 11.1. The number of nitrogens with zero attached hydrogens (tertiary/aromatic N) is 1. The number of nitrogens with one attached hydrogen (secondary N) is 1. The topological polar surface area (TPSA) is 75.7 Å². The minimum absolute atomic E-state index is 0.174. The Labute approximate surface area is 179 Å². The van der Waals surface area contributed by atoms with Gasteiger partial charge in [-0.3, -0.25) is 9.52 Å². The van der Waals surface area contributed by atoms with Crippen LogP contribution < -0.4 is 14.4 Å². The average Bonchev–Trinajstić information content (AvgIpc) is 2.88. The Hall–Kier alpha value is -3.84. The lowest BCUT2D eigenvalue weighted by atomic mass is 10.1. The van der Waals surface area contributed by atoms with E-state index in [-0.39, 0.29) is 22.1 Å². The van der Waals surface area contributed by atoms with Crippen molar-refractivity contribution in [1.82, 2.24) is 0 Å². The molecule has 0 aromatic heterocycles. The first kappa shape index (κ1) is 19.1. The fourth-order valence-corrected chi connectivity index (χ4v) is 5.00. The third-order valence-corrected chi connectivity index (χ3v) is 6.69. The van der Waals surface area contributed by atoms with E-state index in [1.165, 1.54) is 11.0 Å². The molecule has 0 aliphatic carbocycles. The summed E-state index contributed by atoms with van der Waals surface area (Å²) in [5.74, 6) is 0.641. The average molecular weight is 430 g/mol. The number of amides is 1. The molecule has 0 radical (unpaired) electrons. The Kier molecular flexibility index (Phi) is 4.41. The number of para-hydroxylation sites is 2. The Morgan fingerprint density at radius 3 is 2.45 bits per heavy atom. The molecule has 1 amide bonds. The highest BCUT2D eigenvalue weighted by Crippen LogP contribution is 2.39. The quantitative estimate of drug-likeness (QED) is 0.495. The summed E-state index contributed by atoms with van der Waals surface area (Å²) in [7, 11) is -2.22. The SMILES string of the molecule is CN1C(=O)c2cc(NS(=O)(=O)c3cccc4ccccc34)ccc2Oc2ccccc21. The van der Waals surface area contributed by atoms with Gasteiger partial charge in [-0.25, -0.2) is 8.42 Å². The Morgan fingerprint density at radius 1 is 0.839 bits per heavy atom. The standard InChI is InChI=1S/C24H18N2O4S/c1-26-20-10-4-5-11-22(20)30-21-14-13-17(15-19(21)24(26)27)25-31(28,29)23-12-6-8-16-7-2-3-9-18(16)23/h2-15,25H,1H3. The van der Waals surface area contributed by atoms with Gasteiger partial charge in [-0.2, -0.15) is 0 Å². The van der Waals surface area contributed by atoms with Gasteiger partial charge in [0.15, 0.2) is 5.75 Å². The fourth-order valence-electron chi connectivity index (χ4n) is 3.72. The molecule has 1 N–H and O–H groups in total. The zero-order valence-corrected chi connectivity index (χ0v) is 17.4. The van der Waals surface area contributed by atoms with E-state index in [1.54, 1.807) is 55.6 Å². The van der Waals surface area contributed by atoms with Crippen LogP contribution in [0.3, 0.4) is 0 Å². The number of hydrogen-bond donors (Lipinski definition) is 1. The number of hydrogen-bond acceptors (Lipinski definition) is 4. The molecule has 4 aromatic rings. The molecule has 0 unspecified atom stereocenters. The molecule has 5 rings (SSSR count). The molecule has 0 atom stereocenters. The normalized spacial score (nSPS) is 13.2. The summed E-state index contributed by atoms with van der Waals surface area (Å²) in [6, 6.07) is 24.3. The number of carbonyl (C=O) groups excluding carboxylic acids is 1. The Morgan fingerprint density at radius 2 is 1.58 bits per heavy atom. The molecule has 1 aliphatic rings. The van der Waals surface area contributed by atoms with Gasteiger partial charge in [-0.1, -0.05) is 48.5 Å². The molecule has 154 valence electrons. The third kappa shape index (κ3) is 3.29. The summed E-state index contributed by atoms with van der Waals surface area (Å²) in [5.41, 5.74) is 1.20. The van der Waals surface area contributed by atoms with Crippen molar-refractivity contribution < 1.29 is 17.9 Å². The van der Waals surface area contributed by atoms with Gasteiger partial charge in [0.1, 0.15) is 5.75 Å². The number of ether oxygens (including phenoxy) is 1. The second-order valence-corrected chi connectivity index (χ2v) is 8.88.